The molecule has 2 unspecified atom stereocenters. The molecule has 0 radical (unpaired) electrons. The number of benzene rings is 1. The van der Waals surface area contributed by atoms with Crippen LogP contribution in [0.25, 0.3) is 10.9 Å². The van der Waals surface area contributed by atoms with Gasteiger partial charge in [-0.15, -0.1) is 0 Å². The lowest BCUT2D eigenvalue weighted by atomic mass is 10.1. The largest absolute Gasteiger partial charge is 0.465 e. The SMILES string of the molecule is COC(=O)c1ccc2c(c1)c(C(=O)N[C@@H]1CCc3c1nn(COCCS(C)(C)C)c3C)cn2Cc1ccc(N2CC3CC3C2)nc1C. The lowest BCUT2D eigenvalue weighted by Gasteiger charge is -2.24. The Bertz CT molecular complexity index is 1850. The van der Waals surface area contributed by atoms with E-state index in [0.29, 0.717) is 36.4 Å². The molecule has 3 aliphatic rings. The smallest absolute Gasteiger partial charge is 0.337 e. The van der Waals surface area contributed by atoms with Crippen molar-refractivity contribution in [3.05, 3.63) is 75.9 Å². The summed E-state index contributed by atoms with van der Waals surface area (Å²) in [6.07, 6.45) is 11.8. The number of amides is 1. The number of fused-ring (bicyclic) bond motifs is 3. The van der Waals surface area contributed by atoms with E-state index in [4.69, 9.17) is 19.6 Å². The molecule has 4 heterocycles. The van der Waals surface area contributed by atoms with Crippen LogP contribution in [0.1, 0.15) is 67.8 Å². The van der Waals surface area contributed by atoms with Gasteiger partial charge in [-0.25, -0.2) is 24.5 Å². The average Bonchev–Trinajstić information content (AvgIpc) is 3.37. The van der Waals surface area contributed by atoms with Gasteiger partial charge in [-0.3, -0.25) is 4.79 Å². The molecule has 3 aromatic heterocycles. The summed E-state index contributed by atoms with van der Waals surface area (Å²) in [5, 5.41) is 8.86. The van der Waals surface area contributed by atoms with Crippen LogP contribution in [0.15, 0.2) is 36.5 Å². The molecule has 0 spiro atoms. The van der Waals surface area contributed by atoms with E-state index in [0.717, 1.165) is 77.5 Å². The number of rotatable bonds is 11. The molecular weight excluding hydrogens is 613 g/mol. The van der Waals surface area contributed by atoms with E-state index in [1.165, 1.54) is 19.1 Å². The summed E-state index contributed by atoms with van der Waals surface area (Å²) in [6.45, 7) is 8.02. The van der Waals surface area contributed by atoms with Crippen LogP contribution in [0.4, 0.5) is 5.82 Å². The number of hydrogen-bond acceptors (Lipinski definition) is 7. The molecule has 7 rings (SSSR count). The molecule has 250 valence electrons. The third-order valence-electron chi connectivity index (χ3n) is 10.1. The molecular formula is C36H46N6O4S. The van der Waals surface area contributed by atoms with Gasteiger partial charge in [0.25, 0.3) is 5.91 Å². The number of carbonyl (C=O) groups is 2. The van der Waals surface area contributed by atoms with E-state index in [2.05, 4.69) is 59.5 Å². The van der Waals surface area contributed by atoms with Gasteiger partial charge in [0.1, 0.15) is 12.5 Å². The number of nitrogens with zero attached hydrogens (tertiary/aromatic N) is 5. The minimum Gasteiger partial charge on any atom is -0.465 e. The maximum absolute atomic E-state index is 14.0. The Morgan fingerprint density at radius 3 is 2.60 bits per heavy atom. The highest BCUT2D eigenvalue weighted by Crippen LogP contribution is 2.46. The van der Waals surface area contributed by atoms with Crippen LogP contribution < -0.4 is 10.2 Å². The first-order valence-electron chi connectivity index (χ1n) is 16.5. The molecule has 3 atom stereocenters. The molecule has 47 heavy (non-hydrogen) atoms. The fourth-order valence-corrected chi connectivity index (χ4v) is 7.74. The third kappa shape index (κ3) is 6.39. The number of piperidine rings is 1. The van der Waals surface area contributed by atoms with Crippen molar-refractivity contribution in [3.8, 4) is 0 Å². The zero-order chi connectivity index (χ0) is 33.0. The maximum Gasteiger partial charge on any atom is 0.337 e. The first-order chi connectivity index (χ1) is 22.5. The van der Waals surface area contributed by atoms with Gasteiger partial charge in [0.15, 0.2) is 0 Å². The topological polar surface area (TPSA) is 104 Å². The lowest BCUT2D eigenvalue weighted by Crippen LogP contribution is -2.27. The Hall–Kier alpha value is -3.83. The standard InChI is InChI=1S/C36H46N6O4S/c1-22-25(8-12-33(37-22)41-18-26-15-27(26)19-41)17-40-20-30(29-16-24(36(44)45-3)7-11-32(29)40)35(43)38-31-10-9-28-23(2)42(39-34(28)31)21-46-13-14-47(4,5)6/h7-8,11-12,16,20,26-27,31H,9-10,13-15,17-19,21H2,1-6H3,(H,38,43)/t26?,27?,31-/m1/s1. The molecule has 1 aliphatic heterocycles. The number of carbonyl (C=O) groups excluding carboxylic acids is 2. The van der Waals surface area contributed by atoms with Crippen LogP contribution in [-0.2, 0) is 29.2 Å². The Kier molecular flexibility index (Phi) is 8.32. The van der Waals surface area contributed by atoms with Gasteiger partial charge in [0.2, 0.25) is 0 Å². The summed E-state index contributed by atoms with van der Waals surface area (Å²) < 4.78 is 15.0. The van der Waals surface area contributed by atoms with E-state index in [-0.39, 0.29) is 11.9 Å². The number of hydrogen-bond donors (Lipinski definition) is 1. The lowest BCUT2D eigenvalue weighted by molar-refractivity contribution is 0.0600. The molecule has 10 nitrogen and oxygen atoms in total. The summed E-state index contributed by atoms with van der Waals surface area (Å²) in [6, 6.07) is 9.48. The molecule has 1 saturated carbocycles. The van der Waals surface area contributed by atoms with E-state index in [9.17, 15) is 9.59 Å². The van der Waals surface area contributed by atoms with Crippen LogP contribution in [0.2, 0.25) is 0 Å². The van der Waals surface area contributed by atoms with Crippen molar-refractivity contribution in [3.63, 3.8) is 0 Å². The van der Waals surface area contributed by atoms with Crippen LogP contribution in [0.5, 0.6) is 0 Å². The van der Waals surface area contributed by atoms with Crippen molar-refractivity contribution < 1.29 is 19.1 Å². The third-order valence-corrected chi connectivity index (χ3v) is 11.5. The summed E-state index contributed by atoms with van der Waals surface area (Å²) in [4.78, 5) is 33.9. The summed E-state index contributed by atoms with van der Waals surface area (Å²) in [5.41, 5.74) is 7.06. The van der Waals surface area contributed by atoms with Gasteiger partial charge >= 0.3 is 5.97 Å². The second-order valence-electron chi connectivity index (χ2n) is 14.3. The van der Waals surface area contributed by atoms with E-state index >= 15 is 0 Å². The molecule has 2 aliphatic carbocycles. The number of anilines is 1. The van der Waals surface area contributed by atoms with E-state index < -0.39 is 16.0 Å². The van der Waals surface area contributed by atoms with Crippen LogP contribution in [0.3, 0.4) is 0 Å². The molecule has 2 fully saturated rings. The number of nitrogens with one attached hydrogen (secondary N) is 1. The van der Waals surface area contributed by atoms with Gasteiger partial charge in [-0.1, -0.05) is 6.07 Å². The van der Waals surface area contributed by atoms with Gasteiger partial charge in [-0.05, 0) is 99.1 Å². The first-order valence-corrected chi connectivity index (χ1v) is 19.5. The zero-order valence-electron chi connectivity index (χ0n) is 28.3. The Balaban J connectivity index is 1.12. The molecule has 1 aromatic carbocycles. The average molecular weight is 659 g/mol. The predicted octanol–water partition coefficient (Wildman–Crippen LogP) is 5.23. The number of aromatic nitrogens is 4. The highest BCUT2D eigenvalue weighted by molar-refractivity contribution is 8.32. The second-order valence-corrected chi connectivity index (χ2v) is 18.9. The maximum atomic E-state index is 14.0. The number of esters is 1. The Labute approximate surface area is 278 Å². The first kappa shape index (κ1) is 31.8. The molecule has 1 N–H and O–H groups in total. The van der Waals surface area contributed by atoms with E-state index in [1.54, 1.807) is 12.1 Å². The van der Waals surface area contributed by atoms with Crippen molar-refractivity contribution in [2.75, 3.05) is 56.2 Å². The zero-order valence-corrected chi connectivity index (χ0v) is 29.2. The second kappa shape index (κ2) is 12.3. The Morgan fingerprint density at radius 1 is 1.09 bits per heavy atom. The van der Waals surface area contributed by atoms with Crippen molar-refractivity contribution >= 4 is 38.6 Å². The number of aryl methyl sites for hydroxylation is 1. The molecule has 4 aromatic rings. The predicted molar refractivity (Wildman–Crippen MR) is 187 cm³/mol. The van der Waals surface area contributed by atoms with Crippen LogP contribution in [-0.4, -0.2) is 82.5 Å². The monoisotopic (exact) mass is 658 g/mol. The van der Waals surface area contributed by atoms with Gasteiger partial charge < -0.3 is 24.3 Å². The normalized spacial score (nSPS) is 20.4. The Morgan fingerprint density at radius 2 is 1.87 bits per heavy atom. The molecule has 1 amide bonds. The van der Waals surface area contributed by atoms with Crippen molar-refractivity contribution in [2.45, 2.75) is 52.4 Å². The summed E-state index contributed by atoms with van der Waals surface area (Å²) in [5.74, 6) is 3.16. The molecule has 1 saturated heterocycles. The summed E-state index contributed by atoms with van der Waals surface area (Å²) in [7, 11) is 0.750. The summed E-state index contributed by atoms with van der Waals surface area (Å²) >= 11 is 0. The minimum absolute atomic E-state index is 0.192. The molecule has 11 heteroatoms. The highest BCUT2D eigenvalue weighted by atomic mass is 32.3. The van der Waals surface area contributed by atoms with Gasteiger partial charge in [0, 0.05) is 53.9 Å². The fourth-order valence-electron chi connectivity index (χ4n) is 7.13. The number of ether oxygens (including phenoxy) is 2. The molecule has 0 bridgehead atoms. The van der Waals surface area contributed by atoms with Crippen LogP contribution >= 0.6 is 10.0 Å². The number of pyridine rings is 1. The van der Waals surface area contributed by atoms with E-state index in [1.807, 2.05) is 16.9 Å². The van der Waals surface area contributed by atoms with Gasteiger partial charge in [0.05, 0.1) is 36.6 Å². The minimum atomic E-state index is -0.617. The number of methoxy groups -OCH3 is 1. The van der Waals surface area contributed by atoms with Crippen molar-refractivity contribution in [2.24, 2.45) is 11.8 Å². The van der Waals surface area contributed by atoms with Gasteiger partial charge in [-0.2, -0.15) is 5.10 Å². The van der Waals surface area contributed by atoms with Crippen LogP contribution in [0, 0.1) is 25.7 Å². The van der Waals surface area contributed by atoms with Crippen molar-refractivity contribution in [1.29, 1.82) is 0 Å². The quantitative estimate of drug-likeness (QED) is 0.174. The van der Waals surface area contributed by atoms with Crippen molar-refractivity contribution in [1.82, 2.24) is 24.6 Å². The fraction of sp³-hybridized carbons (Fsp3) is 0.500. The highest BCUT2D eigenvalue weighted by Gasteiger charge is 2.45.